The molecule has 134 valence electrons. The van der Waals surface area contributed by atoms with Gasteiger partial charge in [-0.3, -0.25) is 9.79 Å². The highest BCUT2D eigenvalue weighted by Crippen LogP contribution is 2.09. The topological polar surface area (TPSA) is 126 Å². The van der Waals surface area contributed by atoms with Crippen LogP contribution < -0.4 is 21.1 Å². The Kier molecular flexibility index (Phi) is 6.73. The predicted octanol–water partition coefficient (Wildman–Crippen LogP) is -0.0863. The van der Waals surface area contributed by atoms with Crippen molar-refractivity contribution in [2.45, 2.75) is 37.8 Å². The molecule has 1 aromatic carbocycles. The Bertz CT molecular complexity index is 708. The second kappa shape index (κ2) is 8.11. The summed E-state index contributed by atoms with van der Waals surface area (Å²) in [6, 6.07) is 6.30. The van der Waals surface area contributed by atoms with Crippen molar-refractivity contribution < 1.29 is 13.2 Å². The minimum absolute atomic E-state index is 0.0503. The second-order valence-corrected chi connectivity index (χ2v) is 7.83. The van der Waals surface area contributed by atoms with Crippen LogP contribution in [0.3, 0.4) is 0 Å². The summed E-state index contributed by atoms with van der Waals surface area (Å²) in [4.78, 5) is 15.8. The summed E-state index contributed by atoms with van der Waals surface area (Å²) >= 11 is 0. The Balaban J connectivity index is 2.58. The molecule has 0 saturated heterocycles. The van der Waals surface area contributed by atoms with Crippen LogP contribution in [0, 0.1) is 0 Å². The molecule has 9 heteroatoms. The van der Waals surface area contributed by atoms with Crippen LogP contribution >= 0.6 is 0 Å². The second-order valence-electron chi connectivity index (χ2n) is 6.27. The van der Waals surface area contributed by atoms with Crippen molar-refractivity contribution in [3.05, 3.63) is 29.8 Å². The number of carbonyl (C=O) groups excluding carboxylic acids is 1. The Morgan fingerprint density at radius 3 is 2.46 bits per heavy atom. The lowest BCUT2D eigenvalue weighted by Gasteiger charge is -2.21. The van der Waals surface area contributed by atoms with E-state index in [9.17, 15) is 13.2 Å². The van der Waals surface area contributed by atoms with Crippen LogP contribution in [0.2, 0.25) is 0 Å². The third-order valence-electron chi connectivity index (χ3n) is 2.84. The van der Waals surface area contributed by atoms with Crippen molar-refractivity contribution in [3.63, 3.8) is 0 Å². The zero-order valence-corrected chi connectivity index (χ0v) is 15.2. The highest BCUT2D eigenvalue weighted by atomic mass is 32.2. The zero-order chi connectivity index (χ0) is 18.4. The summed E-state index contributed by atoms with van der Waals surface area (Å²) in [6.45, 7) is 6.11. The maximum atomic E-state index is 11.8. The molecule has 1 aromatic rings. The first-order valence-corrected chi connectivity index (χ1v) is 8.93. The molecule has 0 saturated carbocycles. The number of benzene rings is 1. The molecule has 0 bridgehead atoms. The zero-order valence-electron chi connectivity index (χ0n) is 14.4. The average molecular weight is 355 g/mol. The maximum absolute atomic E-state index is 11.8. The van der Waals surface area contributed by atoms with E-state index in [-0.39, 0.29) is 22.9 Å². The van der Waals surface area contributed by atoms with Crippen molar-refractivity contribution in [3.8, 4) is 0 Å². The molecular weight excluding hydrogens is 330 g/mol. The molecule has 0 heterocycles. The number of primary sulfonamides is 1. The summed E-state index contributed by atoms with van der Waals surface area (Å²) in [5, 5.41) is 13.8. The first-order valence-electron chi connectivity index (χ1n) is 7.38. The van der Waals surface area contributed by atoms with Crippen LogP contribution in [0.15, 0.2) is 34.2 Å². The van der Waals surface area contributed by atoms with Gasteiger partial charge >= 0.3 is 0 Å². The first kappa shape index (κ1) is 19.9. The number of nitrogens with two attached hydrogens (primary N) is 1. The molecule has 0 radical (unpaired) electrons. The number of rotatable bonds is 5. The van der Waals surface area contributed by atoms with E-state index in [0.29, 0.717) is 12.5 Å². The molecule has 0 unspecified atom stereocenters. The fourth-order valence-electron chi connectivity index (χ4n) is 1.87. The van der Waals surface area contributed by atoms with E-state index < -0.39 is 10.0 Å². The SMILES string of the molecule is CN=C(NCC(=O)NC(C)(C)C)NCc1cccc(S(N)(=O)=O)c1. The van der Waals surface area contributed by atoms with Gasteiger partial charge in [0.1, 0.15) is 0 Å². The summed E-state index contributed by atoms with van der Waals surface area (Å²) in [7, 11) is -2.15. The minimum Gasteiger partial charge on any atom is -0.352 e. The molecule has 0 fully saturated rings. The van der Waals surface area contributed by atoms with Gasteiger partial charge in [-0.05, 0) is 38.5 Å². The molecule has 0 spiro atoms. The van der Waals surface area contributed by atoms with E-state index in [1.165, 1.54) is 12.1 Å². The largest absolute Gasteiger partial charge is 0.352 e. The minimum atomic E-state index is -3.73. The maximum Gasteiger partial charge on any atom is 0.239 e. The molecule has 1 amide bonds. The molecular formula is C15H25N5O3S. The van der Waals surface area contributed by atoms with E-state index >= 15 is 0 Å². The quantitative estimate of drug-likeness (QED) is 0.434. The van der Waals surface area contributed by atoms with Crippen molar-refractivity contribution in [1.29, 1.82) is 0 Å². The fraction of sp³-hybridized carbons (Fsp3) is 0.467. The van der Waals surface area contributed by atoms with E-state index in [2.05, 4.69) is 20.9 Å². The first-order chi connectivity index (χ1) is 11.0. The molecule has 0 aliphatic rings. The van der Waals surface area contributed by atoms with E-state index in [4.69, 9.17) is 5.14 Å². The van der Waals surface area contributed by atoms with Gasteiger partial charge in [-0.1, -0.05) is 12.1 Å². The highest BCUT2D eigenvalue weighted by Gasteiger charge is 2.13. The fourth-order valence-corrected chi connectivity index (χ4v) is 2.45. The molecule has 0 atom stereocenters. The normalized spacial score (nSPS) is 12.6. The number of aliphatic imine (C=N–C) groups is 1. The van der Waals surface area contributed by atoms with Gasteiger partial charge in [0.05, 0.1) is 11.4 Å². The Morgan fingerprint density at radius 1 is 1.25 bits per heavy atom. The van der Waals surface area contributed by atoms with Crippen molar-refractivity contribution >= 4 is 21.9 Å². The third-order valence-corrected chi connectivity index (χ3v) is 3.75. The number of nitrogens with zero attached hydrogens (tertiary/aromatic N) is 1. The van der Waals surface area contributed by atoms with Gasteiger partial charge in [0, 0.05) is 19.1 Å². The third kappa shape index (κ3) is 7.42. The summed E-state index contributed by atoms with van der Waals surface area (Å²) in [6.07, 6.45) is 0. The summed E-state index contributed by atoms with van der Waals surface area (Å²) in [5.74, 6) is 0.279. The highest BCUT2D eigenvalue weighted by molar-refractivity contribution is 7.89. The Labute approximate surface area is 143 Å². The number of carbonyl (C=O) groups is 1. The molecule has 1 rings (SSSR count). The standard InChI is InChI=1S/C15H25N5O3S/c1-15(2,3)20-13(21)10-19-14(17-4)18-9-11-6-5-7-12(8-11)24(16,22)23/h5-8H,9-10H2,1-4H3,(H,20,21)(H2,16,22,23)(H2,17,18,19). The number of amides is 1. The average Bonchev–Trinajstić information content (AvgIpc) is 2.45. The molecule has 24 heavy (non-hydrogen) atoms. The summed E-state index contributed by atoms with van der Waals surface area (Å²) in [5.41, 5.74) is 0.424. The number of sulfonamides is 1. The van der Waals surface area contributed by atoms with Crippen molar-refractivity contribution in [2.24, 2.45) is 10.1 Å². The van der Waals surface area contributed by atoms with E-state index in [1.54, 1.807) is 19.2 Å². The van der Waals surface area contributed by atoms with Crippen LogP contribution in [0.4, 0.5) is 0 Å². The van der Waals surface area contributed by atoms with Gasteiger partial charge in [-0.15, -0.1) is 0 Å². The number of nitrogens with one attached hydrogen (secondary N) is 3. The Morgan fingerprint density at radius 2 is 1.92 bits per heavy atom. The van der Waals surface area contributed by atoms with E-state index in [0.717, 1.165) is 5.56 Å². The van der Waals surface area contributed by atoms with Gasteiger partial charge in [-0.2, -0.15) is 0 Å². The monoisotopic (exact) mass is 355 g/mol. The van der Waals surface area contributed by atoms with Gasteiger partial charge in [0.15, 0.2) is 5.96 Å². The van der Waals surface area contributed by atoms with Crippen LogP contribution in [-0.4, -0.2) is 39.4 Å². The van der Waals surface area contributed by atoms with E-state index in [1.807, 2.05) is 20.8 Å². The summed E-state index contributed by atoms with van der Waals surface area (Å²) < 4.78 is 22.7. The molecule has 0 aliphatic carbocycles. The van der Waals surface area contributed by atoms with Gasteiger partial charge in [-0.25, -0.2) is 13.6 Å². The lowest BCUT2D eigenvalue weighted by atomic mass is 10.1. The lowest BCUT2D eigenvalue weighted by molar-refractivity contribution is -0.121. The van der Waals surface area contributed by atoms with Crippen LogP contribution in [0.5, 0.6) is 0 Å². The lowest BCUT2D eigenvalue weighted by Crippen LogP contribution is -2.48. The van der Waals surface area contributed by atoms with Crippen LogP contribution in [-0.2, 0) is 21.4 Å². The van der Waals surface area contributed by atoms with Gasteiger partial charge in [0.2, 0.25) is 15.9 Å². The van der Waals surface area contributed by atoms with Gasteiger partial charge in [0.25, 0.3) is 0 Å². The van der Waals surface area contributed by atoms with Crippen molar-refractivity contribution in [2.75, 3.05) is 13.6 Å². The van der Waals surface area contributed by atoms with Gasteiger partial charge < -0.3 is 16.0 Å². The number of guanidine groups is 1. The molecule has 0 aromatic heterocycles. The molecule has 0 aliphatic heterocycles. The number of hydrogen-bond acceptors (Lipinski definition) is 4. The predicted molar refractivity (Wildman–Crippen MR) is 93.9 cm³/mol. The molecule has 8 nitrogen and oxygen atoms in total. The Hall–Kier alpha value is -2.13. The van der Waals surface area contributed by atoms with Crippen LogP contribution in [0.25, 0.3) is 0 Å². The number of hydrogen-bond donors (Lipinski definition) is 4. The van der Waals surface area contributed by atoms with Crippen molar-refractivity contribution in [1.82, 2.24) is 16.0 Å². The molecule has 5 N–H and O–H groups in total. The smallest absolute Gasteiger partial charge is 0.239 e. The van der Waals surface area contributed by atoms with Crippen LogP contribution in [0.1, 0.15) is 26.3 Å².